The Morgan fingerprint density at radius 1 is 1.24 bits per heavy atom. The Kier molecular flexibility index (Phi) is 5.05. The minimum Gasteiger partial charge on any atom is -0.312 e. The Bertz CT molecular complexity index is 885. The molecule has 0 spiro atoms. The third-order valence-electron chi connectivity index (χ3n) is 5.04. The van der Waals surface area contributed by atoms with Crippen LogP contribution in [0.2, 0.25) is 5.15 Å². The zero-order chi connectivity index (χ0) is 16.7. The van der Waals surface area contributed by atoms with Gasteiger partial charge in [0.25, 0.3) is 0 Å². The summed E-state index contributed by atoms with van der Waals surface area (Å²) in [6, 6.07) is 12.9. The van der Waals surface area contributed by atoms with Crippen LogP contribution in [0.1, 0.15) is 29.7 Å². The Balaban J connectivity index is 0.00000182. The highest BCUT2D eigenvalue weighted by Gasteiger charge is 2.43. The van der Waals surface area contributed by atoms with Gasteiger partial charge in [0.05, 0.1) is 5.69 Å². The number of benzene rings is 1. The molecule has 4 nitrogen and oxygen atoms in total. The first-order chi connectivity index (χ1) is 11.6. The van der Waals surface area contributed by atoms with Crippen LogP contribution in [0.15, 0.2) is 36.4 Å². The zero-order valence-electron chi connectivity index (χ0n) is 14.4. The van der Waals surface area contributed by atoms with Crippen molar-refractivity contribution in [3.63, 3.8) is 0 Å². The third kappa shape index (κ3) is 3.39. The highest BCUT2D eigenvalue weighted by atomic mass is 35.5. The van der Waals surface area contributed by atoms with Gasteiger partial charge in [-0.15, -0.1) is 12.4 Å². The fraction of sp³-hybridized carbons (Fsp3) is 0.368. The molecular weight excluding hydrogens is 355 g/mol. The summed E-state index contributed by atoms with van der Waals surface area (Å²) >= 11 is 6.37. The molecule has 0 atom stereocenters. The van der Waals surface area contributed by atoms with Gasteiger partial charge in [0.1, 0.15) is 5.15 Å². The van der Waals surface area contributed by atoms with Crippen molar-refractivity contribution in [1.82, 2.24) is 20.1 Å². The molecule has 1 saturated carbocycles. The number of aryl methyl sites for hydroxylation is 2. The van der Waals surface area contributed by atoms with E-state index in [1.165, 1.54) is 18.4 Å². The maximum Gasteiger partial charge on any atom is 0.159 e. The molecule has 0 amide bonds. The number of pyridine rings is 1. The monoisotopic (exact) mass is 376 g/mol. The average Bonchev–Trinajstić information content (AvgIpc) is 3.32. The summed E-state index contributed by atoms with van der Waals surface area (Å²) in [6.45, 7) is 3.70. The SMILES string of the molecule is Cc1nn(C)c2nc(Cl)c(CNCC3(c4ccccc4)CC3)cc12.Cl. The van der Waals surface area contributed by atoms with Crippen molar-refractivity contribution in [2.24, 2.45) is 7.05 Å². The second-order valence-electron chi connectivity index (χ2n) is 6.77. The molecule has 1 fully saturated rings. The maximum atomic E-state index is 6.37. The summed E-state index contributed by atoms with van der Waals surface area (Å²) in [4.78, 5) is 4.51. The topological polar surface area (TPSA) is 42.7 Å². The average molecular weight is 377 g/mol. The quantitative estimate of drug-likeness (QED) is 0.679. The molecule has 0 bridgehead atoms. The van der Waals surface area contributed by atoms with Gasteiger partial charge in [-0.3, -0.25) is 4.68 Å². The first-order valence-corrected chi connectivity index (χ1v) is 8.72. The normalized spacial score (nSPS) is 15.2. The molecule has 1 aromatic carbocycles. The fourth-order valence-electron chi connectivity index (χ4n) is 3.43. The molecule has 6 heteroatoms. The van der Waals surface area contributed by atoms with Gasteiger partial charge in [0.2, 0.25) is 0 Å². The van der Waals surface area contributed by atoms with Gasteiger partial charge in [0.15, 0.2) is 5.65 Å². The van der Waals surface area contributed by atoms with Gasteiger partial charge >= 0.3 is 0 Å². The summed E-state index contributed by atoms with van der Waals surface area (Å²) in [5, 5.41) is 9.63. The molecule has 2 heterocycles. The van der Waals surface area contributed by atoms with E-state index in [1.54, 1.807) is 4.68 Å². The molecule has 3 aromatic rings. The summed E-state index contributed by atoms with van der Waals surface area (Å²) in [5.41, 5.74) is 4.59. The number of aromatic nitrogens is 3. The van der Waals surface area contributed by atoms with E-state index < -0.39 is 0 Å². The van der Waals surface area contributed by atoms with Crippen LogP contribution >= 0.6 is 24.0 Å². The van der Waals surface area contributed by atoms with E-state index in [0.29, 0.717) is 10.6 Å². The smallest absolute Gasteiger partial charge is 0.159 e. The van der Waals surface area contributed by atoms with Crippen LogP contribution in [-0.4, -0.2) is 21.3 Å². The van der Waals surface area contributed by atoms with Crippen molar-refractivity contribution in [3.8, 4) is 0 Å². The largest absolute Gasteiger partial charge is 0.312 e. The van der Waals surface area contributed by atoms with Crippen LogP contribution < -0.4 is 5.32 Å². The number of halogens is 2. The number of rotatable bonds is 5. The van der Waals surface area contributed by atoms with E-state index in [0.717, 1.165) is 35.4 Å². The first kappa shape index (κ1) is 18.2. The predicted octanol–water partition coefficient (Wildman–Crippen LogP) is 4.17. The molecular formula is C19H22Cl2N4. The van der Waals surface area contributed by atoms with Crippen LogP contribution in [0.3, 0.4) is 0 Å². The van der Waals surface area contributed by atoms with E-state index in [9.17, 15) is 0 Å². The lowest BCUT2D eigenvalue weighted by atomic mass is 9.96. The first-order valence-electron chi connectivity index (χ1n) is 8.34. The van der Waals surface area contributed by atoms with Gasteiger partial charge in [-0.25, -0.2) is 4.98 Å². The second-order valence-corrected chi connectivity index (χ2v) is 7.13. The van der Waals surface area contributed by atoms with Crippen LogP contribution in [0.25, 0.3) is 11.0 Å². The highest BCUT2D eigenvalue weighted by Crippen LogP contribution is 2.47. The highest BCUT2D eigenvalue weighted by molar-refractivity contribution is 6.30. The third-order valence-corrected chi connectivity index (χ3v) is 5.37. The Hall–Kier alpha value is -1.62. The molecule has 1 N–H and O–H groups in total. The summed E-state index contributed by atoms with van der Waals surface area (Å²) in [7, 11) is 1.90. The van der Waals surface area contributed by atoms with Gasteiger partial charge in [-0.1, -0.05) is 41.9 Å². The van der Waals surface area contributed by atoms with Gasteiger partial charge < -0.3 is 5.32 Å². The van der Waals surface area contributed by atoms with E-state index in [2.05, 4.69) is 51.8 Å². The number of hydrogen-bond acceptors (Lipinski definition) is 3. The Morgan fingerprint density at radius 3 is 2.64 bits per heavy atom. The van der Waals surface area contributed by atoms with Crippen molar-refractivity contribution >= 4 is 35.0 Å². The van der Waals surface area contributed by atoms with E-state index >= 15 is 0 Å². The van der Waals surface area contributed by atoms with Crippen molar-refractivity contribution in [2.75, 3.05) is 6.54 Å². The molecule has 4 rings (SSSR count). The van der Waals surface area contributed by atoms with Crippen LogP contribution in [0.4, 0.5) is 0 Å². The summed E-state index contributed by atoms with van der Waals surface area (Å²) in [5.74, 6) is 0. The van der Waals surface area contributed by atoms with Crippen LogP contribution in [0.5, 0.6) is 0 Å². The Morgan fingerprint density at radius 2 is 1.96 bits per heavy atom. The number of hydrogen-bond donors (Lipinski definition) is 1. The molecule has 1 aliphatic rings. The molecule has 2 aromatic heterocycles. The minimum absolute atomic E-state index is 0. The second kappa shape index (κ2) is 6.94. The van der Waals surface area contributed by atoms with Gasteiger partial charge in [0, 0.05) is 36.5 Å². The Labute approximate surface area is 159 Å². The van der Waals surface area contributed by atoms with E-state index in [-0.39, 0.29) is 12.4 Å². The molecule has 132 valence electrons. The number of nitrogens with zero attached hydrogens (tertiary/aromatic N) is 3. The van der Waals surface area contributed by atoms with E-state index in [1.807, 2.05) is 14.0 Å². The fourth-order valence-corrected chi connectivity index (χ4v) is 3.63. The summed E-state index contributed by atoms with van der Waals surface area (Å²) in [6.07, 6.45) is 2.49. The van der Waals surface area contributed by atoms with Crippen molar-refractivity contribution in [3.05, 3.63) is 58.4 Å². The minimum atomic E-state index is 0. The van der Waals surface area contributed by atoms with Gasteiger partial charge in [-0.05, 0) is 31.4 Å². The van der Waals surface area contributed by atoms with Crippen molar-refractivity contribution < 1.29 is 0 Å². The standard InChI is InChI=1S/C19H21ClN4.ClH/c1-13-16-10-14(17(20)22-18(16)24(2)23-13)11-21-12-19(8-9-19)15-6-4-3-5-7-15;/h3-7,10,21H,8-9,11-12H2,1-2H3;1H. The van der Waals surface area contributed by atoms with Crippen molar-refractivity contribution in [2.45, 2.75) is 31.7 Å². The van der Waals surface area contributed by atoms with Gasteiger partial charge in [-0.2, -0.15) is 5.10 Å². The molecule has 0 saturated heterocycles. The molecule has 25 heavy (non-hydrogen) atoms. The zero-order valence-corrected chi connectivity index (χ0v) is 16.0. The number of nitrogens with one attached hydrogen (secondary N) is 1. The van der Waals surface area contributed by atoms with Crippen molar-refractivity contribution in [1.29, 1.82) is 0 Å². The predicted molar refractivity (Wildman–Crippen MR) is 105 cm³/mol. The van der Waals surface area contributed by atoms with Crippen LogP contribution in [0, 0.1) is 6.92 Å². The lowest BCUT2D eigenvalue weighted by Gasteiger charge is -2.17. The van der Waals surface area contributed by atoms with E-state index in [4.69, 9.17) is 11.6 Å². The lowest BCUT2D eigenvalue weighted by Crippen LogP contribution is -2.26. The molecule has 1 aliphatic carbocycles. The van der Waals surface area contributed by atoms with Crippen LogP contribution in [-0.2, 0) is 19.0 Å². The maximum absolute atomic E-state index is 6.37. The lowest BCUT2D eigenvalue weighted by molar-refractivity contribution is 0.574. The number of fused-ring (bicyclic) bond motifs is 1. The molecule has 0 unspecified atom stereocenters. The molecule has 0 aliphatic heterocycles. The summed E-state index contributed by atoms with van der Waals surface area (Å²) < 4.78 is 1.78. The molecule has 0 radical (unpaired) electrons.